The van der Waals surface area contributed by atoms with Gasteiger partial charge >= 0.3 is 0 Å². The zero-order valence-electron chi connectivity index (χ0n) is 14.3. The van der Waals surface area contributed by atoms with Crippen LogP contribution in [-0.2, 0) is 4.79 Å². The maximum absolute atomic E-state index is 12.1. The Labute approximate surface area is 142 Å². The SMILES string of the molecule is COc1ccccc1[C@@H]1CN(c2cc(C)ncn2)CCN1C(C)=O. The fraction of sp³-hybridized carbons (Fsp3) is 0.389. The van der Waals surface area contributed by atoms with Gasteiger partial charge in [-0.05, 0) is 13.0 Å². The Morgan fingerprint density at radius 3 is 2.75 bits per heavy atom. The monoisotopic (exact) mass is 326 g/mol. The summed E-state index contributed by atoms with van der Waals surface area (Å²) in [4.78, 5) is 24.8. The Bertz CT molecular complexity index is 734. The highest BCUT2D eigenvalue weighted by Gasteiger charge is 2.32. The molecular weight excluding hydrogens is 304 g/mol. The van der Waals surface area contributed by atoms with Gasteiger partial charge in [0.05, 0.1) is 13.2 Å². The molecule has 1 aromatic heterocycles. The van der Waals surface area contributed by atoms with Crippen LogP contribution in [0.1, 0.15) is 24.2 Å². The molecule has 24 heavy (non-hydrogen) atoms. The van der Waals surface area contributed by atoms with Gasteiger partial charge in [-0.25, -0.2) is 9.97 Å². The maximum Gasteiger partial charge on any atom is 0.220 e. The summed E-state index contributed by atoms with van der Waals surface area (Å²) in [5.41, 5.74) is 1.95. The van der Waals surface area contributed by atoms with Gasteiger partial charge in [-0.2, -0.15) is 0 Å². The zero-order chi connectivity index (χ0) is 17.1. The number of aryl methyl sites for hydroxylation is 1. The highest BCUT2D eigenvalue weighted by molar-refractivity contribution is 5.74. The third-order valence-electron chi connectivity index (χ3n) is 4.40. The molecule has 0 N–H and O–H groups in total. The van der Waals surface area contributed by atoms with Crippen LogP contribution in [0.4, 0.5) is 5.82 Å². The van der Waals surface area contributed by atoms with E-state index in [-0.39, 0.29) is 11.9 Å². The van der Waals surface area contributed by atoms with Crippen LogP contribution < -0.4 is 9.64 Å². The van der Waals surface area contributed by atoms with Crippen LogP contribution in [0.5, 0.6) is 5.75 Å². The van der Waals surface area contributed by atoms with E-state index in [4.69, 9.17) is 4.74 Å². The number of methoxy groups -OCH3 is 1. The first-order valence-electron chi connectivity index (χ1n) is 8.04. The molecule has 0 spiro atoms. The summed E-state index contributed by atoms with van der Waals surface area (Å²) in [7, 11) is 1.66. The lowest BCUT2D eigenvalue weighted by Crippen LogP contribution is -2.50. The quantitative estimate of drug-likeness (QED) is 0.865. The van der Waals surface area contributed by atoms with Crippen molar-refractivity contribution in [1.29, 1.82) is 0 Å². The molecule has 1 amide bonds. The number of piperazine rings is 1. The number of hydrogen-bond acceptors (Lipinski definition) is 5. The summed E-state index contributed by atoms with van der Waals surface area (Å²) in [5.74, 6) is 1.77. The number of carbonyl (C=O) groups excluding carboxylic acids is 1. The molecule has 1 aromatic carbocycles. The molecule has 0 aliphatic carbocycles. The van der Waals surface area contributed by atoms with Gasteiger partial charge in [0.2, 0.25) is 5.91 Å². The van der Waals surface area contributed by atoms with Crippen molar-refractivity contribution in [3.63, 3.8) is 0 Å². The minimum Gasteiger partial charge on any atom is -0.496 e. The Hall–Kier alpha value is -2.63. The molecule has 2 heterocycles. The molecular formula is C18H22N4O2. The normalized spacial score (nSPS) is 17.7. The molecule has 6 heteroatoms. The second-order valence-corrected chi connectivity index (χ2v) is 5.93. The predicted molar refractivity (Wildman–Crippen MR) is 92.1 cm³/mol. The van der Waals surface area contributed by atoms with Crippen molar-refractivity contribution in [2.24, 2.45) is 0 Å². The summed E-state index contributed by atoms with van der Waals surface area (Å²) in [5, 5.41) is 0. The average Bonchev–Trinajstić information content (AvgIpc) is 2.61. The summed E-state index contributed by atoms with van der Waals surface area (Å²) in [6.45, 7) is 5.65. The summed E-state index contributed by atoms with van der Waals surface area (Å²) >= 11 is 0. The molecule has 126 valence electrons. The number of aromatic nitrogens is 2. The van der Waals surface area contributed by atoms with Crippen LogP contribution in [0.2, 0.25) is 0 Å². The van der Waals surface area contributed by atoms with Crippen LogP contribution >= 0.6 is 0 Å². The van der Waals surface area contributed by atoms with Gasteiger partial charge in [0.1, 0.15) is 17.9 Å². The van der Waals surface area contributed by atoms with E-state index in [1.54, 1.807) is 20.4 Å². The van der Waals surface area contributed by atoms with E-state index in [1.807, 2.05) is 42.2 Å². The van der Waals surface area contributed by atoms with Gasteiger partial charge in [0.25, 0.3) is 0 Å². The fourth-order valence-electron chi connectivity index (χ4n) is 3.19. The Morgan fingerprint density at radius 1 is 1.25 bits per heavy atom. The lowest BCUT2D eigenvalue weighted by atomic mass is 10.0. The van der Waals surface area contributed by atoms with Crippen molar-refractivity contribution in [2.75, 3.05) is 31.6 Å². The molecule has 1 aliphatic rings. The number of anilines is 1. The number of hydrogen-bond donors (Lipinski definition) is 0. The Balaban J connectivity index is 1.94. The molecule has 1 atom stereocenters. The number of rotatable bonds is 3. The minimum absolute atomic E-state index is 0.0670. The standard InChI is InChI=1S/C18H22N4O2/c1-13-10-18(20-12-19-13)21-8-9-22(14(2)23)16(11-21)15-6-4-5-7-17(15)24-3/h4-7,10,12,16H,8-9,11H2,1-3H3/t16-/m0/s1. The van der Waals surface area contributed by atoms with Gasteiger partial charge in [-0.15, -0.1) is 0 Å². The lowest BCUT2D eigenvalue weighted by molar-refractivity contribution is -0.131. The van der Waals surface area contributed by atoms with Crippen LogP contribution in [-0.4, -0.2) is 47.5 Å². The van der Waals surface area contributed by atoms with E-state index in [2.05, 4.69) is 14.9 Å². The lowest BCUT2D eigenvalue weighted by Gasteiger charge is -2.42. The van der Waals surface area contributed by atoms with E-state index in [1.165, 1.54) is 0 Å². The first-order valence-corrected chi connectivity index (χ1v) is 8.04. The molecule has 0 bridgehead atoms. The molecule has 2 aromatic rings. The van der Waals surface area contributed by atoms with Crippen LogP contribution in [0.25, 0.3) is 0 Å². The van der Waals surface area contributed by atoms with Crippen molar-refractivity contribution in [2.45, 2.75) is 19.9 Å². The third-order valence-corrected chi connectivity index (χ3v) is 4.40. The maximum atomic E-state index is 12.1. The fourth-order valence-corrected chi connectivity index (χ4v) is 3.19. The number of nitrogens with zero attached hydrogens (tertiary/aromatic N) is 4. The number of amides is 1. The highest BCUT2D eigenvalue weighted by atomic mass is 16.5. The Kier molecular flexibility index (Phi) is 4.64. The minimum atomic E-state index is -0.0670. The van der Waals surface area contributed by atoms with E-state index < -0.39 is 0 Å². The Morgan fingerprint density at radius 2 is 2.04 bits per heavy atom. The van der Waals surface area contributed by atoms with Crippen molar-refractivity contribution < 1.29 is 9.53 Å². The van der Waals surface area contributed by atoms with E-state index in [0.29, 0.717) is 13.1 Å². The molecule has 0 saturated carbocycles. The average molecular weight is 326 g/mol. The predicted octanol–water partition coefficient (Wildman–Crippen LogP) is 2.20. The summed E-state index contributed by atoms with van der Waals surface area (Å²) in [6, 6.07) is 9.78. The first-order chi connectivity index (χ1) is 11.6. The first kappa shape index (κ1) is 16.2. The van der Waals surface area contributed by atoms with Crippen molar-refractivity contribution in [3.05, 3.63) is 47.9 Å². The van der Waals surface area contributed by atoms with Crippen LogP contribution in [0, 0.1) is 6.92 Å². The van der Waals surface area contributed by atoms with Crippen molar-refractivity contribution in [1.82, 2.24) is 14.9 Å². The van der Waals surface area contributed by atoms with Gasteiger partial charge in [0, 0.05) is 43.9 Å². The van der Waals surface area contributed by atoms with Crippen molar-refractivity contribution in [3.8, 4) is 5.75 Å². The number of benzene rings is 1. The molecule has 1 aliphatic heterocycles. The number of para-hydroxylation sites is 1. The summed E-state index contributed by atoms with van der Waals surface area (Å²) in [6.07, 6.45) is 1.58. The van der Waals surface area contributed by atoms with E-state index >= 15 is 0 Å². The smallest absolute Gasteiger partial charge is 0.220 e. The van der Waals surface area contributed by atoms with E-state index in [0.717, 1.165) is 29.4 Å². The number of ether oxygens (including phenoxy) is 1. The van der Waals surface area contributed by atoms with Gasteiger partial charge in [0.15, 0.2) is 0 Å². The second-order valence-electron chi connectivity index (χ2n) is 5.93. The van der Waals surface area contributed by atoms with E-state index in [9.17, 15) is 4.79 Å². The molecule has 0 unspecified atom stereocenters. The third kappa shape index (κ3) is 3.18. The van der Waals surface area contributed by atoms with Gasteiger partial charge in [-0.1, -0.05) is 18.2 Å². The van der Waals surface area contributed by atoms with Gasteiger partial charge in [-0.3, -0.25) is 4.79 Å². The topological polar surface area (TPSA) is 58.6 Å². The molecule has 3 rings (SSSR count). The van der Waals surface area contributed by atoms with Gasteiger partial charge < -0.3 is 14.5 Å². The summed E-state index contributed by atoms with van der Waals surface area (Å²) < 4.78 is 5.50. The van der Waals surface area contributed by atoms with Crippen molar-refractivity contribution >= 4 is 11.7 Å². The number of carbonyl (C=O) groups is 1. The molecule has 0 radical (unpaired) electrons. The molecule has 6 nitrogen and oxygen atoms in total. The molecule has 1 saturated heterocycles. The second kappa shape index (κ2) is 6.86. The van der Waals surface area contributed by atoms with Crippen LogP contribution in [0.15, 0.2) is 36.7 Å². The van der Waals surface area contributed by atoms with Crippen LogP contribution in [0.3, 0.4) is 0 Å². The largest absolute Gasteiger partial charge is 0.496 e. The highest BCUT2D eigenvalue weighted by Crippen LogP contribution is 2.33. The zero-order valence-corrected chi connectivity index (χ0v) is 14.3. The molecule has 1 fully saturated rings.